The highest BCUT2D eigenvalue weighted by Crippen LogP contribution is 2.25. The van der Waals surface area contributed by atoms with E-state index in [-0.39, 0.29) is 0 Å². The second kappa shape index (κ2) is 5.15. The predicted molar refractivity (Wildman–Crippen MR) is 67.1 cm³/mol. The van der Waals surface area contributed by atoms with Crippen molar-refractivity contribution >= 4 is 5.71 Å². The lowest BCUT2D eigenvalue weighted by Gasteiger charge is -2.09. The van der Waals surface area contributed by atoms with Crippen LogP contribution in [-0.4, -0.2) is 11.8 Å². The molecule has 0 aromatic rings. The van der Waals surface area contributed by atoms with E-state index < -0.39 is 0 Å². The molecule has 1 aliphatic rings. The lowest BCUT2D eigenvalue weighted by Crippen LogP contribution is -2.09. The predicted octanol–water partition coefficient (Wildman–Crippen LogP) is 3.20. The number of rotatable bonds is 5. The highest BCUT2D eigenvalue weighted by atomic mass is 14.8. The van der Waals surface area contributed by atoms with E-state index in [1.165, 1.54) is 12.8 Å². The fourth-order valence-electron chi connectivity index (χ4n) is 1.47. The molecule has 15 heavy (non-hydrogen) atoms. The van der Waals surface area contributed by atoms with Gasteiger partial charge in [-0.2, -0.15) is 0 Å². The van der Waals surface area contributed by atoms with Crippen LogP contribution in [0.15, 0.2) is 28.4 Å². The summed E-state index contributed by atoms with van der Waals surface area (Å²) in [5, 5.41) is 0. The van der Waals surface area contributed by atoms with E-state index in [0.29, 0.717) is 6.04 Å². The van der Waals surface area contributed by atoms with E-state index in [2.05, 4.69) is 18.5 Å². The Morgan fingerprint density at radius 2 is 2.00 bits per heavy atom. The molecular formula is C13H22N2. The number of nitrogens with two attached hydrogens (primary N) is 1. The Morgan fingerprint density at radius 3 is 2.47 bits per heavy atom. The molecule has 1 fully saturated rings. The van der Waals surface area contributed by atoms with Crippen LogP contribution in [0.25, 0.3) is 0 Å². The molecule has 2 N–H and O–H groups in total. The molecule has 0 atom stereocenters. The molecule has 0 aliphatic heterocycles. The third-order valence-corrected chi connectivity index (χ3v) is 2.80. The average molecular weight is 206 g/mol. The van der Waals surface area contributed by atoms with Gasteiger partial charge in [-0.1, -0.05) is 19.9 Å². The Morgan fingerprint density at radius 1 is 1.40 bits per heavy atom. The normalized spacial score (nSPS) is 18.7. The van der Waals surface area contributed by atoms with Gasteiger partial charge in [-0.25, -0.2) is 0 Å². The van der Waals surface area contributed by atoms with Gasteiger partial charge in [0.05, 0.1) is 6.04 Å². The number of allylic oxidation sites excluding steroid dienone is 2. The minimum atomic E-state index is 0.562. The molecule has 0 aromatic carbocycles. The van der Waals surface area contributed by atoms with Crippen molar-refractivity contribution in [3.8, 4) is 0 Å². The van der Waals surface area contributed by atoms with Crippen LogP contribution in [0.4, 0.5) is 0 Å². The molecule has 0 spiro atoms. The summed E-state index contributed by atoms with van der Waals surface area (Å²) in [5.74, 6) is 0. The van der Waals surface area contributed by atoms with Crippen LogP contribution in [0, 0.1) is 0 Å². The number of nitrogens with zero attached hydrogens (tertiary/aromatic N) is 1. The average Bonchev–Trinajstić information content (AvgIpc) is 2.99. The zero-order valence-electron chi connectivity index (χ0n) is 10.1. The monoisotopic (exact) mass is 206 g/mol. The highest BCUT2D eigenvalue weighted by molar-refractivity contribution is 5.99. The first-order valence-electron chi connectivity index (χ1n) is 5.75. The highest BCUT2D eigenvalue weighted by Gasteiger charge is 2.20. The number of hydrogen-bond donors (Lipinski definition) is 1. The Kier molecular flexibility index (Phi) is 4.13. The zero-order valence-corrected chi connectivity index (χ0v) is 10.1. The molecule has 0 radical (unpaired) electrons. The van der Waals surface area contributed by atoms with E-state index in [1.54, 1.807) is 0 Å². The van der Waals surface area contributed by atoms with Gasteiger partial charge in [0, 0.05) is 11.4 Å². The van der Waals surface area contributed by atoms with E-state index in [0.717, 1.165) is 35.4 Å². The van der Waals surface area contributed by atoms with Crippen molar-refractivity contribution in [1.82, 2.24) is 0 Å². The lowest BCUT2D eigenvalue weighted by atomic mass is 10.0. The van der Waals surface area contributed by atoms with Crippen molar-refractivity contribution in [2.45, 2.75) is 52.5 Å². The van der Waals surface area contributed by atoms with Gasteiger partial charge in [-0.05, 0) is 44.3 Å². The fraction of sp³-hybridized carbons (Fsp3) is 0.615. The smallest absolute Gasteiger partial charge is 0.0504 e. The van der Waals surface area contributed by atoms with Crippen molar-refractivity contribution in [1.29, 1.82) is 0 Å². The maximum Gasteiger partial charge on any atom is 0.0504 e. The van der Waals surface area contributed by atoms with Crippen molar-refractivity contribution in [3.05, 3.63) is 23.4 Å². The molecule has 1 saturated carbocycles. The van der Waals surface area contributed by atoms with Crippen LogP contribution in [0.5, 0.6) is 0 Å². The Balaban J connectivity index is 2.73. The van der Waals surface area contributed by atoms with Crippen LogP contribution >= 0.6 is 0 Å². The standard InChI is InChI=1S/C13H22N2/c1-5-6-9(2)13(14)10(3)11(4)15-12-7-8-12/h12H,2,5-8,14H2,1,3-4H3. The third kappa shape index (κ3) is 3.54. The van der Waals surface area contributed by atoms with Gasteiger partial charge in [0.1, 0.15) is 0 Å². The quantitative estimate of drug-likeness (QED) is 0.544. The summed E-state index contributed by atoms with van der Waals surface area (Å²) in [6, 6.07) is 0.562. The number of aliphatic imine (C=N–C) groups is 1. The first-order valence-corrected chi connectivity index (χ1v) is 5.75. The second-order valence-electron chi connectivity index (χ2n) is 4.34. The van der Waals surface area contributed by atoms with Gasteiger partial charge in [0.15, 0.2) is 0 Å². The van der Waals surface area contributed by atoms with Gasteiger partial charge in [0.25, 0.3) is 0 Å². The molecule has 84 valence electrons. The van der Waals surface area contributed by atoms with Gasteiger partial charge in [0.2, 0.25) is 0 Å². The summed E-state index contributed by atoms with van der Waals surface area (Å²) in [6.45, 7) is 10.2. The SMILES string of the molecule is C=C(CCC)C(N)=C(C)C(C)=NC1CC1. The first kappa shape index (κ1) is 12.0. The van der Waals surface area contributed by atoms with E-state index in [9.17, 15) is 0 Å². The summed E-state index contributed by atoms with van der Waals surface area (Å²) in [5.41, 5.74) is 10.1. The van der Waals surface area contributed by atoms with Crippen LogP contribution in [0.3, 0.4) is 0 Å². The van der Waals surface area contributed by atoms with Crippen molar-refractivity contribution in [2.75, 3.05) is 0 Å². The van der Waals surface area contributed by atoms with Gasteiger partial charge in [-0.3, -0.25) is 4.99 Å². The molecule has 0 unspecified atom stereocenters. The molecule has 0 heterocycles. The molecule has 1 aliphatic carbocycles. The van der Waals surface area contributed by atoms with Crippen molar-refractivity contribution < 1.29 is 0 Å². The minimum Gasteiger partial charge on any atom is -0.398 e. The summed E-state index contributed by atoms with van der Waals surface area (Å²) in [4.78, 5) is 4.59. The molecular weight excluding hydrogens is 184 g/mol. The maximum atomic E-state index is 6.04. The van der Waals surface area contributed by atoms with Crippen LogP contribution < -0.4 is 5.73 Å². The molecule has 0 amide bonds. The Bertz CT molecular complexity index is 306. The second-order valence-corrected chi connectivity index (χ2v) is 4.34. The largest absolute Gasteiger partial charge is 0.398 e. The fourth-order valence-corrected chi connectivity index (χ4v) is 1.47. The summed E-state index contributed by atoms with van der Waals surface area (Å²) in [6.07, 6.45) is 4.53. The van der Waals surface area contributed by atoms with E-state index in [4.69, 9.17) is 5.73 Å². The molecule has 0 bridgehead atoms. The molecule has 2 nitrogen and oxygen atoms in total. The minimum absolute atomic E-state index is 0.562. The van der Waals surface area contributed by atoms with Crippen LogP contribution in [-0.2, 0) is 0 Å². The van der Waals surface area contributed by atoms with Crippen LogP contribution in [0.2, 0.25) is 0 Å². The van der Waals surface area contributed by atoms with E-state index >= 15 is 0 Å². The molecule has 2 heteroatoms. The van der Waals surface area contributed by atoms with E-state index in [1.807, 2.05) is 13.8 Å². The summed E-state index contributed by atoms with van der Waals surface area (Å²) >= 11 is 0. The first-order chi connectivity index (χ1) is 7.06. The maximum absolute atomic E-state index is 6.04. The Labute approximate surface area is 93.0 Å². The molecule has 1 rings (SSSR count). The van der Waals surface area contributed by atoms with Gasteiger partial charge >= 0.3 is 0 Å². The lowest BCUT2D eigenvalue weighted by molar-refractivity contribution is 0.908. The molecule has 0 aromatic heterocycles. The van der Waals surface area contributed by atoms with Crippen molar-refractivity contribution in [2.24, 2.45) is 10.7 Å². The van der Waals surface area contributed by atoms with Gasteiger partial charge in [-0.15, -0.1) is 0 Å². The molecule has 0 saturated heterocycles. The van der Waals surface area contributed by atoms with Crippen molar-refractivity contribution in [3.63, 3.8) is 0 Å². The summed E-state index contributed by atoms with van der Waals surface area (Å²) in [7, 11) is 0. The third-order valence-electron chi connectivity index (χ3n) is 2.80. The number of hydrogen-bond acceptors (Lipinski definition) is 2. The topological polar surface area (TPSA) is 38.4 Å². The summed E-state index contributed by atoms with van der Waals surface area (Å²) < 4.78 is 0. The van der Waals surface area contributed by atoms with Gasteiger partial charge < -0.3 is 5.73 Å². The Hall–Kier alpha value is -1.05. The van der Waals surface area contributed by atoms with Crippen LogP contribution in [0.1, 0.15) is 46.5 Å². The zero-order chi connectivity index (χ0) is 11.4.